The van der Waals surface area contributed by atoms with Crippen molar-refractivity contribution in [2.45, 2.75) is 51.2 Å². The minimum absolute atomic E-state index is 0.0584. The van der Waals surface area contributed by atoms with Gasteiger partial charge in [0.25, 0.3) is 0 Å². The molecular weight excluding hydrogens is 582 g/mol. The van der Waals surface area contributed by atoms with Crippen LogP contribution in [0.3, 0.4) is 0 Å². The van der Waals surface area contributed by atoms with Crippen LogP contribution < -0.4 is 16.4 Å². The summed E-state index contributed by atoms with van der Waals surface area (Å²) in [6.45, 7) is 3.67. The number of oxime groups is 1. The van der Waals surface area contributed by atoms with Crippen LogP contribution in [0, 0.1) is 0 Å². The van der Waals surface area contributed by atoms with Gasteiger partial charge in [0.05, 0.1) is 30.6 Å². The van der Waals surface area contributed by atoms with Crippen molar-refractivity contribution in [3.05, 3.63) is 93.7 Å². The van der Waals surface area contributed by atoms with E-state index in [-0.39, 0.29) is 37.3 Å². The minimum Gasteiger partial charge on any atom is -0.465 e. The number of carbonyl (C=O) groups is 4. The number of hydrogen-bond donors (Lipinski definition) is 3. The third kappa shape index (κ3) is 8.51. The summed E-state index contributed by atoms with van der Waals surface area (Å²) >= 11 is 1.31. The lowest BCUT2D eigenvalue weighted by atomic mass is 9.84. The highest BCUT2D eigenvalue weighted by Gasteiger charge is 2.40. The van der Waals surface area contributed by atoms with Crippen LogP contribution in [0.15, 0.2) is 78.0 Å². The summed E-state index contributed by atoms with van der Waals surface area (Å²) in [5.41, 5.74) is 7.68. The number of thiophene rings is 1. The molecule has 1 fully saturated rings. The first-order chi connectivity index (χ1) is 21.3. The van der Waals surface area contributed by atoms with Crippen molar-refractivity contribution in [2.24, 2.45) is 10.9 Å². The molecule has 2 amide bonds. The van der Waals surface area contributed by atoms with Gasteiger partial charge < -0.3 is 25.5 Å². The van der Waals surface area contributed by atoms with Crippen LogP contribution in [0.4, 0.5) is 0 Å². The molecular formula is C32H37N5O6S. The van der Waals surface area contributed by atoms with E-state index in [2.05, 4.69) is 20.6 Å². The second kappa shape index (κ2) is 15.8. The predicted octanol–water partition coefficient (Wildman–Crippen LogP) is 2.89. The number of amides is 2. The molecule has 2 aromatic carbocycles. The highest BCUT2D eigenvalue weighted by Crippen LogP contribution is 2.31. The van der Waals surface area contributed by atoms with Crippen LogP contribution in [0.25, 0.3) is 0 Å². The molecule has 1 unspecified atom stereocenters. The number of ether oxygens (including phenoxy) is 1. The van der Waals surface area contributed by atoms with Crippen LogP contribution in [-0.2, 0) is 35.3 Å². The Hall–Kier alpha value is -4.55. The van der Waals surface area contributed by atoms with Crippen molar-refractivity contribution in [1.82, 2.24) is 15.5 Å². The Morgan fingerprint density at radius 1 is 1.02 bits per heavy atom. The Bertz CT molecular complexity index is 1420. The molecule has 0 spiro atoms. The molecule has 4 rings (SSSR count). The van der Waals surface area contributed by atoms with Gasteiger partial charge in [0.15, 0.2) is 5.84 Å². The zero-order valence-electron chi connectivity index (χ0n) is 24.7. The van der Waals surface area contributed by atoms with Gasteiger partial charge in [-0.2, -0.15) is 0 Å². The van der Waals surface area contributed by atoms with Crippen molar-refractivity contribution >= 4 is 40.9 Å². The number of hydrogen-bond acceptors (Lipinski definition) is 9. The predicted molar refractivity (Wildman–Crippen MR) is 167 cm³/mol. The molecule has 3 aromatic rings. The molecule has 2 heterocycles. The number of nitrogens with two attached hydrogens (primary N) is 1. The largest absolute Gasteiger partial charge is 0.465 e. The number of benzene rings is 2. The standard InChI is InChI=1S/C32H37N5O6S/c1-3-42-27(39)20-34-29(28(22-11-6-4-7-12-22)23-13-8-5-9-14-23)32(41)37-18-10-15-25(37)31(40)35-19-24-16-17-26(44-24)30(33)36-43-21(2)38/h4-9,11-14,16-17,25,28-29,34H,3,10,15,18-20H2,1-2H3,(H2,33,36)(H,35,40)/t25-,29?/m0/s1. The number of amidine groups is 1. The molecule has 4 N–H and O–H groups in total. The summed E-state index contributed by atoms with van der Waals surface area (Å²) < 4.78 is 5.14. The lowest BCUT2D eigenvalue weighted by Crippen LogP contribution is -2.55. The van der Waals surface area contributed by atoms with E-state index in [1.54, 1.807) is 24.0 Å². The molecule has 11 nitrogen and oxygen atoms in total. The maximum atomic E-state index is 14.4. The van der Waals surface area contributed by atoms with Gasteiger partial charge >= 0.3 is 11.9 Å². The molecule has 12 heteroatoms. The second-order valence-corrected chi connectivity index (χ2v) is 11.4. The van der Waals surface area contributed by atoms with Gasteiger partial charge in [0, 0.05) is 24.3 Å². The highest BCUT2D eigenvalue weighted by molar-refractivity contribution is 7.14. The Kier molecular flexibility index (Phi) is 11.6. The lowest BCUT2D eigenvalue weighted by molar-refractivity contribution is -0.144. The van der Waals surface area contributed by atoms with Crippen LogP contribution in [0.5, 0.6) is 0 Å². The number of nitrogens with zero attached hydrogens (tertiary/aromatic N) is 2. The van der Waals surface area contributed by atoms with E-state index < -0.39 is 29.9 Å². The normalized spacial score (nSPS) is 15.6. The minimum atomic E-state index is -0.836. The zero-order valence-corrected chi connectivity index (χ0v) is 25.5. The molecule has 1 aliphatic heterocycles. The molecule has 1 saturated heterocycles. The maximum Gasteiger partial charge on any atom is 0.332 e. The fraction of sp³-hybridized carbons (Fsp3) is 0.344. The molecule has 232 valence electrons. The number of esters is 1. The van der Waals surface area contributed by atoms with Gasteiger partial charge in [0.1, 0.15) is 6.04 Å². The fourth-order valence-electron chi connectivity index (χ4n) is 5.19. The van der Waals surface area contributed by atoms with Crippen LogP contribution in [0.2, 0.25) is 0 Å². The first kappa shape index (κ1) is 32.4. The van der Waals surface area contributed by atoms with Gasteiger partial charge in [-0.3, -0.25) is 19.7 Å². The molecule has 0 saturated carbocycles. The summed E-state index contributed by atoms with van der Waals surface area (Å²) in [7, 11) is 0. The van der Waals surface area contributed by atoms with Crippen molar-refractivity contribution in [3.63, 3.8) is 0 Å². The molecule has 0 bridgehead atoms. The number of rotatable bonds is 13. The zero-order chi connectivity index (χ0) is 31.5. The second-order valence-electron chi connectivity index (χ2n) is 10.2. The van der Waals surface area contributed by atoms with Crippen molar-refractivity contribution < 1.29 is 28.8 Å². The molecule has 1 aromatic heterocycles. The van der Waals surface area contributed by atoms with Crippen LogP contribution in [-0.4, -0.2) is 66.3 Å². The average Bonchev–Trinajstić information content (AvgIpc) is 3.72. The summed E-state index contributed by atoms with van der Waals surface area (Å²) in [4.78, 5) is 58.8. The topological polar surface area (TPSA) is 152 Å². The fourth-order valence-corrected chi connectivity index (χ4v) is 6.03. The third-order valence-corrected chi connectivity index (χ3v) is 8.26. The van der Waals surface area contributed by atoms with Gasteiger partial charge in [-0.05, 0) is 43.0 Å². The van der Waals surface area contributed by atoms with Gasteiger partial charge in [-0.1, -0.05) is 65.8 Å². The Morgan fingerprint density at radius 3 is 2.30 bits per heavy atom. The van der Waals surface area contributed by atoms with Gasteiger partial charge in [-0.25, -0.2) is 4.79 Å². The maximum absolute atomic E-state index is 14.4. The van der Waals surface area contributed by atoms with Crippen molar-refractivity contribution in [3.8, 4) is 0 Å². The van der Waals surface area contributed by atoms with Crippen LogP contribution in [0.1, 0.15) is 53.5 Å². The molecule has 0 aliphatic carbocycles. The third-order valence-electron chi connectivity index (χ3n) is 7.15. The Labute approximate surface area is 260 Å². The van der Waals surface area contributed by atoms with E-state index in [9.17, 15) is 19.2 Å². The number of likely N-dealkylation sites (tertiary alicyclic amines) is 1. The monoisotopic (exact) mass is 619 g/mol. The van der Waals surface area contributed by atoms with Crippen molar-refractivity contribution in [1.29, 1.82) is 0 Å². The Morgan fingerprint density at radius 2 is 1.68 bits per heavy atom. The summed E-state index contributed by atoms with van der Waals surface area (Å²) in [5, 5.41) is 9.71. The van der Waals surface area contributed by atoms with E-state index in [1.807, 2.05) is 60.7 Å². The number of carbonyl (C=O) groups excluding carboxylic acids is 4. The Balaban J connectivity index is 1.53. The smallest absolute Gasteiger partial charge is 0.332 e. The van der Waals surface area contributed by atoms with Gasteiger partial charge in [-0.15, -0.1) is 11.3 Å². The van der Waals surface area contributed by atoms with E-state index in [0.29, 0.717) is 24.3 Å². The SMILES string of the molecule is CCOC(=O)CNC(C(=O)N1CCC[C@H]1C(=O)NCc1ccc(C(N)=NOC(C)=O)s1)C(c1ccccc1)c1ccccc1. The van der Waals surface area contributed by atoms with E-state index in [1.165, 1.54) is 18.3 Å². The molecule has 44 heavy (non-hydrogen) atoms. The summed E-state index contributed by atoms with van der Waals surface area (Å²) in [6, 6.07) is 21.3. The average molecular weight is 620 g/mol. The van der Waals surface area contributed by atoms with Crippen molar-refractivity contribution in [2.75, 3.05) is 19.7 Å². The first-order valence-corrected chi connectivity index (χ1v) is 15.3. The van der Waals surface area contributed by atoms with Gasteiger partial charge in [0.2, 0.25) is 11.8 Å². The molecule has 0 radical (unpaired) electrons. The molecule has 1 aliphatic rings. The van der Waals surface area contributed by atoms with E-state index >= 15 is 0 Å². The first-order valence-electron chi connectivity index (χ1n) is 14.5. The van der Waals surface area contributed by atoms with E-state index in [4.69, 9.17) is 10.5 Å². The number of nitrogens with one attached hydrogen (secondary N) is 2. The van der Waals surface area contributed by atoms with Crippen LogP contribution >= 0.6 is 11.3 Å². The van der Waals surface area contributed by atoms with E-state index in [0.717, 1.165) is 16.0 Å². The summed E-state index contributed by atoms with van der Waals surface area (Å²) in [5.74, 6) is -1.94. The summed E-state index contributed by atoms with van der Waals surface area (Å²) in [6.07, 6.45) is 1.18. The quantitative estimate of drug-likeness (QED) is 0.0869. The lowest BCUT2D eigenvalue weighted by Gasteiger charge is -2.33. The highest BCUT2D eigenvalue weighted by atomic mass is 32.1. The molecule has 2 atom stereocenters.